The number of aryl methyl sites for hydroxylation is 1. The summed E-state index contributed by atoms with van der Waals surface area (Å²) in [5, 5.41) is 13.8. The maximum Gasteiger partial charge on any atom is 0.417 e. The number of piperidine rings is 1. The molecule has 1 fully saturated rings. The summed E-state index contributed by atoms with van der Waals surface area (Å²) in [6.45, 7) is -0.0224. The molecule has 9 nitrogen and oxygen atoms in total. The Bertz CT molecular complexity index is 1600. The number of fused-ring (bicyclic) bond motifs is 1. The largest absolute Gasteiger partial charge is 0.417 e. The van der Waals surface area contributed by atoms with Crippen LogP contribution in [0.5, 0.6) is 0 Å². The number of pyridine rings is 1. The molecule has 38 heavy (non-hydrogen) atoms. The summed E-state index contributed by atoms with van der Waals surface area (Å²) in [5.74, 6) is -0.605. The first kappa shape index (κ1) is 26.0. The van der Waals surface area contributed by atoms with Crippen LogP contribution in [0.15, 0.2) is 53.7 Å². The molecule has 3 aromatic heterocycles. The molecule has 1 aliphatic heterocycles. The third-order valence-electron chi connectivity index (χ3n) is 6.75. The van der Waals surface area contributed by atoms with Crippen LogP contribution in [0.25, 0.3) is 22.3 Å². The van der Waals surface area contributed by atoms with Crippen molar-refractivity contribution in [2.75, 3.05) is 25.0 Å². The number of rotatable bonds is 5. The fourth-order valence-electron chi connectivity index (χ4n) is 4.74. The van der Waals surface area contributed by atoms with Crippen molar-refractivity contribution in [3.63, 3.8) is 0 Å². The third-order valence-corrected chi connectivity index (χ3v) is 8.71. The molecule has 4 aromatic rings. The number of anilines is 1. The summed E-state index contributed by atoms with van der Waals surface area (Å²) >= 11 is 0. The van der Waals surface area contributed by atoms with Gasteiger partial charge in [-0.1, -0.05) is 0 Å². The highest BCUT2D eigenvalue weighted by Crippen LogP contribution is 2.37. The Hall–Kier alpha value is -3.65. The van der Waals surface area contributed by atoms with E-state index in [-0.39, 0.29) is 25.2 Å². The highest BCUT2D eigenvalue weighted by molar-refractivity contribution is 7.89. The van der Waals surface area contributed by atoms with E-state index in [1.807, 2.05) is 24.1 Å². The molecule has 1 saturated heterocycles. The number of alkyl halides is 3. The topological polar surface area (TPSA) is 97.1 Å². The van der Waals surface area contributed by atoms with Gasteiger partial charge in [-0.15, -0.1) is 10.2 Å². The number of hydrogen-bond donors (Lipinski definition) is 0. The van der Waals surface area contributed by atoms with E-state index < -0.39 is 32.5 Å². The van der Waals surface area contributed by atoms with Gasteiger partial charge < -0.3 is 4.90 Å². The number of sulfonamides is 1. The van der Waals surface area contributed by atoms with Gasteiger partial charge in [-0.25, -0.2) is 12.8 Å². The Kier molecular flexibility index (Phi) is 6.55. The fraction of sp³-hybridized carbons (Fsp3) is 0.333. The Labute approximate surface area is 215 Å². The van der Waals surface area contributed by atoms with E-state index in [1.165, 1.54) is 0 Å². The van der Waals surface area contributed by atoms with Crippen molar-refractivity contribution in [1.82, 2.24) is 29.3 Å². The highest BCUT2D eigenvalue weighted by atomic mass is 32.2. The molecule has 0 unspecified atom stereocenters. The summed E-state index contributed by atoms with van der Waals surface area (Å²) < 4.78 is 82.8. The highest BCUT2D eigenvalue weighted by Gasteiger charge is 2.40. The van der Waals surface area contributed by atoms with Gasteiger partial charge in [-0.2, -0.15) is 22.6 Å². The second-order valence-corrected chi connectivity index (χ2v) is 10.9. The van der Waals surface area contributed by atoms with Crippen molar-refractivity contribution in [2.24, 2.45) is 7.05 Å². The summed E-state index contributed by atoms with van der Waals surface area (Å²) in [5.41, 5.74) is 0.426. The monoisotopic (exact) mass is 549 g/mol. The normalized spacial score (nSPS) is 15.7. The van der Waals surface area contributed by atoms with Gasteiger partial charge in [0.1, 0.15) is 17.0 Å². The quantitative estimate of drug-likeness (QED) is 0.349. The van der Waals surface area contributed by atoms with Crippen LogP contribution in [0.2, 0.25) is 0 Å². The number of aromatic nitrogens is 5. The third kappa shape index (κ3) is 4.58. The minimum absolute atomic E-state index is 0.0112. The number of nitrogens with zero attached hydrogens (tertiary/aromatic N) is 7. The van der Waals surface area contributed by atoms with Crippen molar-refractivity contribution in [3.05, 3.63) is 60.2 Å². The zero-order valence-corrected chi connectivity index (χ0v) is 21.2. The molecule has 4 heterocycles. The molecular formula is C24H23F4N7O2S. The van der Waals surface area contributed by atoms with E-state index in [1.54, 1.807) is 30.2 Å². The Balaban J connectivity index is 1.39. The Morgan fingerprint density at radius 3 is 2.45 bits per heavy atom. The zero-order chi connectivity index (χ0) is 27.2. The maximum absolute atomic E-state index is 13.5. The zero-order valence-electron chi connectivity index (χ0n) is 20.4. The van der Waals surface area contributed by atoms with Gasteiger partial charge in [-0.3, -0.25) is 9.67 Å². The first-order valence-electron chi connectivity index (χ1n) is 11.7. The maximum atomic E-state index is 13.5. The SMILES string of the molecule is CN(c1nnc(-c2ccnn2C)c2ncccc12)C1CCN(S(=O)(=O)c2ccc(F)cc2C(F)(F)F)CC1. The van der Waals surface area contributed by atoms with Crippen LogP contribution < -0.4 is 4.90 Å². The van der Waals surface area contributed by atoms with Gasteiger partial charge in [0.15, 0.2) is 5.82 Å². The van der Waals surface area contributed by atoms with Gasteiger partial charge in [0, 0.05) is 51.0 Å². The van der Waals surface area contributed by atoms with Crippen molar-refractivity contribution >= 4 is 26.7 Å². The molecule has 200 valence electrons. The minimum Gasteiger partial charge on any atom is -0.355 e. The van der Waals surface area contributed by atoms with E-state index in [0.717, 1.165) is 21.5 Å². The van der Waals surface area contributed by atoms with Crippen LogP contribution in [0, 0.1) is 5.82 Å². The molecule has 1 aromatic carbocycles. The van der Waals surface area contributed by atoms with E-state index in [0.29, 0.717) is 35.9 Å². The van der Waals surface area contributed by atoms with Crippen LogP contribution in [-0.2, 0) is 23.2 Å². The standard InChI is InChI=1S/C24H23F4N7O2S/c1-33(23-17-4-3-10-29-21(17)22(31-32-23)19-7-11-30-34(19)2)16-8-12-35(13-9-16)38(36,37)20-6-5-15(25)14-18(20)24(26,27)28/h3-7,10-11,14,16H,8-9,12-13H2,1-2H3. The van der Waals surface area contributed by atoms with Gasteiger partial charge in [-0.05, 0) is 49.2 Å². The Morgan fingerprint density at radius 2 is 1.79 bits per heavy atom. The fourth-order valence-corrected chi connectivity index (χ4v) is 6.41. The molecule has 5 rings (SSSR count). The molecule has 0 spiro atoms. The van der Waals surface area contributed by atoms with Crippen LogP contribution >= 0.6 is 0 Å². The molecular weight excluding hydrogens is 526 g/mol. The average molecular weight is 550 g/mol. The van der Waals surface area contributed by atoms with Gasteiger partial charge in [0.2, 0.25) is 10.0 Å². The van der Waals surface area contributed by atoms with Gasteiger partial charge >= 0.3 is 6.18 Å². The lowest BCUT2D eigenvalue weighted by Crippen LogP contribution is -2.46. The smallest absolute Gasteiger partial charge is 0.355 e. The lowest BCUT2D eigenvalue weighted by molar-refractivity contribution is -0.140. The molecule has 0 N–H and O–H groups in total. The first-order chi connectivity index (χ1) is 18.0. The molecule has 0 radical (unpaired) electrons. The lowest BCUT2D eigenvalue weighted by atomic mass is 10.0. The van der Waals surface area contributed by atoms with E-state index in [9.17, 15) is 26.0 Å². The predicted octanol–water partition coefficient (Wildman–Crippen LogP) is 3.87. The van der Waals surface area contributed by atoms with Gasteiger partial charge in [0.25, 0.3) is 0 Å². The molecule has 0 aliphatic carbocycles. The molecule has 0 amide bonds. The first-order valence-corrected chi connectivity index (χ1v) is 13.1. The molecule has 0 saturated carbocycles. The number of benzene rings is 1. The van der Waals surface area contributed by atoms with E-state index >= 15 is 0 Å². The second kappa shape index (κ2) is 9.58. The molecule has 0 bridgehead atoms. The van der Waals surface area contributed by atoms with Crippen molar-refractivity contribution < 1.29 is 26.0 Å². The minimum atomic E-state index is -5.02. The second-order valence-electron chi connectivity index (χ2n) is 9.00. The molecule has 14 heteroatoms. The molecule has 0 atom stereocenters. The van der Waals surface area contributed by atoms with Crippen molar-refractivity contribution in [2.45, 2.75) is 30.0 Å². The number of hydrogen-bond acceptors (Lipinski definition) is 7. The van der Waals surface area contributed by atoms with Crippen LogP contribution in [0.4, 0.5) is 23.4 Å². The summed E-state index contributed by atoms with van der Waals surface area (Å²) in [4.78, 5) is 5.45. The van der Waals surface area contributed by atoms with E-state index in [4.69, 9.17) is 0 Å². The predicted molar refractivity (Wildman–Crippen MR) is 131 cm³/mol. The molecule has 1 aliphatic rings. The Morgan fingerprint density at radius 1 is 1.05 bits per heavy atom. The lowest BCUT2D eigenvalue weighted by Gasteiger charge is -2.37. The van der Waals surface area contributed by atoms with Gasteiger partial charge in [0.05, 0.1) is 16.2 Å². The van der Waals surface area contributed by atoms with Crippen LogP contribution in [-0.4, -0.2) is 63.9 Å². The number of halogens is 4. The van der Waals surface area contributed by atoms with Crippen molar-refractivity contribution in [3.8, 4) is 11.4 Å². The van der Waals surface area contributed by atoms with Crippen LogP contribution in [0.3, 0.4) is 0 Å². The average Bonchev–Trinajstić information content (AvgIpc) is 3.32. The summed E-state index contributed by atoms with van der Waals surface area (Å²) in [6, 6.07) is 6.90. The summed E-state index contributed by atoms with van der Waals surface area (Å²) in [6.07, 6.45) is -1.03. The van der Waals surface area contributed by atoms with E-state index in [2.05, 4.69) is 20.3 Å². The van der Waals surface area contributed by atoms with Crippen LogP contribution in [0.1, 0.15) is 18.4 Å². The summed E-state index contributed by atoms with van der Waals surface area (Å²) in [7, 11) is -0.889. The van der Waals surface area contributed by atoms with Crippen molar-refractivity contribution in [1.29, 1.82) is 0 Å².